The minimum atomic E-state index is -4.95. The maximum atomic E-state index is 13.0. The van der Waals surface area contributed by atoms with Gasteiger partial charge in [-0.2, -0.15) is 0 Å². The first-order valence-corrected chi connectivity index (χ1v) is 40.5. The van der Waals surface area contributed by atoms with Crippen LogP contribution in [0.25, 0.3) is 0 Å². The number of aliphatic hydroxyl groups is 1. The Kier molecular flexibility index (Phi) is 62.7. The van der Waals surface area contributed by atoms with Gasteiger partial charge in [0.05, 0.1) is 26.4 Å². The van der Waals surface area contributed by atoms with E-state index in [-0.39, 0.29) is 25.7 Å². The molecule has 2 unspecified atom stereocenters. The first kappa shape index (κ1) is 89.1. The summed E-state index contributed by atoms with van der Waals surface area (Å²) in [6, 6.07) is 0. The molecule has 0 spiro atoms. The topological polar surface area (TPSA) is 237 Å². The van der Waals surface area contributed by atoms with Gasteiger partial charge in [-0.1, -0.05) is 318 Å². The molecule has 0 aliphatic heterocycles. The second kappa shape index (κ2) is 64.1. The highest BCUT2D eigenvalue weighted by Crippen LogP contribution is 2.45. The molecule has 0 aromatic carbocycles. The Morgan fingerprint density at radius 2 is 0.505 bits per heavy atom. The van der Waals surface area contributed by atoms with E-state index in [1.165, 1.54) is 186 Å². The van der Waals surface area contributed by atoms with Gasteiger partial charge < -0.3 is 33.8 Å². The number of unbranched alkanes of at least 4 members (excludes halogenated alkanes) is 41. The zero-order chi connectivity index (χ0) is 67.2. The van der Waals surface area contributed by atoms with Crippen molar-refractivity contribution in [3.8, 4) is 0 Å². The van der Waals surface area contributed by atoms with Crippen molar-refractivity contribution >= 4 is 39.5 Å². The lowest BCUT2D eigenvalue weighted by atomic mass is 10.0. The van der Waals surface area contributed by atoms with Gasteiger partial charge in [0.2, 0.25) is 0 Å². The molecule has 91 heavy (non-hydrogen) atoms. The van der Waals surface area contributed by atoms with Crippen LogP contribution < -0.4 is 0 Å². The van der Waals surface area contributed by atoms with Gasteiger partial charge in [-0.15, -0.1) is 0 Å². The molecule has 0 rings (SSSR count). The monoisotopic (exact) mass is 1340 g/mol. The Balaban J connectivity index is 5.20. The summed E-state index contributed by atoms with van der Waals surface area (Å²) in [6.07, 6.45) is 50.1. The zero-order valence-corrected chi connectivity index (χ0v) is 60.9. The molecule has 3 N–H and O–H groups in total. The molecule has 0 saturated carbocycles. The van der Waals surface area contributed by atoms with Crippen molar-refractivity contribution in [2.24, 2.45) is 11.8 Å². The second-order valence-electron chi connectivity index (χ2n) is 26.9. The smallest absolute Gasteiger partial charge is 0.462 e. The minimum absolute atomic E-state index is 0.104. The van der Waals surface area contributed by atoms with Crippen LogP contribution in [0.4, 0.5) is 0 Å². The van der Waals surface area contributed by atoms with Gasteiger partial charge in [-0.3, -0.25) is 37.3 Å². The van der Waals surface area contributed by atoms with Gasteiger partial charge in [-0.25, -0.2) is 9.13 Å². The summed E-state index contributed by atoms with van der Waals surface area (Å²) in [5, 5.41) is 10.6. The molecule has 540 valence electrons. The minimum Gasteiger partial charge on any atom is -0.462 e. The maximum absolute atomic E-state index is 13.0. The normalized spacial score (nSPS) is 14.1. The average Bonchev–Trinajstić information content (AvgIpc) is 3.18. The van der Waals surface area contributed by atoms with Gasteiger partial charge in [0.15, 0.2) is 12.2 Å². The number of hydrogen-bond donors (Lipinski definition) is 3. The lowest BCUT2D eigenvalue weighted by Crippen LogP contribution is -2.30. The van der Waals surface area contributed by atoms with E-state index >= 15 is 0 Å². The second-order valence-corrected chi connectivity index (χ2v) is 29.8. The van der Waals surface area contributed by atoms with Crippen LogP contribution in [0.1, 0.15) is 369 Å². The lowest BCUT2D eigenvalue weighted by Gasteiger charge is -2.21. The summed E-state index contributed by atoms with van der Waals surface area (Å²) in [4.78, 5) is 72.5. The highest BCUT2D eigenvalue weighted by atomic mass is 31.2. The first-order chi connectivity index (χ1) is 43.9. The van der Waals surface area contributed by atoms with Crippen molar-refractivity contribution in [1.29, 1.82) is 0 Å². The van der Waals surface area contributed by atoms with Crippen molar-refractivity contribution in [2.75, 3.05) is 39.6 Å². The van der Waals surface area contributed by atoms with Crippen LogP contribution in [0.5, 0.6) is 0 Å². The van der Waals surface area contributed by atoms with Gasteiger partial charge in [0.1, 0.15) is 19.3 Å². The van der Waals surface area contributed by atoms with E-state index < -0.39 is 97.5 Å². The fourth-order valence-corrected chi connectivity index (χ4v) is 12.5. The Morgan fingerprint density at radius 1 is 0.297 bits per heavy atom. The molecule has 17 nitrogen and oxygen atoms in total. The highest BCUT2D eigenvalue weighted by Gasteiger charge is 2.30. The molecule has 0 aromatic heterocycles. The van der Waals surface area contributed by atoms with E-state index in [9.17, 15) is 43.2 Å². The van der Waals surface area contributed by atoms with Crippen molar-refractivity contribution in [2.45, 2.75) is 387 Å². The van der Waals surface area contributed by atoms with Gasteiger partial charge in [0, 0.05) is 25.7 Å². The van der Waals surface area contributed by atoms with Crippen LogP contribution in [0.15, 0.2) is 0 Å². The molecule has 0 aliphatic carbocycles. The Morgan fingerprint density at radius 3 is 0.747 bits per heavy atom. The van der Waals surface area contributed by atoms with Crippen LogP contribution in [-0.4, -0.2) is 96.7 Å². The van der Waals surface area contributed by atoms with Crippen LogP contribution in [-0.2, 0) is 65.4 Å². The number of phosphoric acid groups is 2. The maximum Gasteiger partial charge on any atom is 0.472 e. The number of rotatable bonds is 71. The molecule has 5 atom stereocenters. The molecule has 0 aromatic rings. The third-order valence-electron chi connectivity index (χ3n) is 16.7. The summed E-state index contributed by atoms with van der Waals surface area (Å²) in [5.74, 6) is -0.662. The zero-order valence-electron chi connectivity index (χ0n) is 59.1. The summed E-state index contributed by atoms with van der Waals surface area (Å²) >= 11 is 0. The van der Waals surface area contributed by atoms with Crippen LogP contribution in [0, 0.1) is 11.8 Å². The Bertz CT molecular complexity index is 1770. The van der Waals surface area contributed by atoms with Crippen LogP contribution >= 0.6 is 15.6 Å². The summed E-state index contributed by atoms with van der Waals surface area (Å²) in [5.41, 5.74) is 0. The van der Waals surface area contributed by atoms with Crippen molar-refractivity contribution in [3.05, 3.63) is 0 Å². The predicted molar refractivity (Wildman–Crippen MR) is 368 cm³/mol. The number of ether oxygens (including phenoxy) is 4. The molecule has 0 bridgehead atoms. The van der Waals surface area contributed by atoms with Crippen molar-refractivity contribution in [1.82, 2.24) is 0 Å². The summed E-state index contributed by atoms with van der Waals surface area (Å²) < 4.78 is 68.3. The molecule has 0 aliphatic rings. The largest absolute Gasteiger partial charge is 0.472 e. The predicted octanol–water partition coefficient (Wildman–Crippen LogP) is 20.8. The van der Waals surface area contributed by atoms with Gasteiger partial charge in [-0.05, 0) is 37.5 Å². The molecular weight excluding hydrogens is 1200 g/mol. The van der Waals surface area contributed by atoms with Gasteiger partial charge in [0.25, 0.3) is 0 Å². The van der Waals surface area contributed by atoms with E-state index in [2.05, 4.69) is 41.5 Å². The first-order valence-electron chi connectivity index (χ1n) is 37.5. The standard InChI is InChI=1S/C72H140O17P2/c1-7-9-11-13-15-17-18-19-20-21-22-23-24-25-26-30-38-44-50-56-71(76)88-67(61-83-70(75)55-49-43-37-31-27-29-34-40-46-52-64(3)4)62-86-90(78,79)84-58-66(73)59-85-91(80,81)87-63-68(60-82-69(74)54-48-42-36-28-16-14-12-10-8-2)89-72(77)57-51-45-39-33-32-35-41-47-53-65(5)6/h64-68,73H,7-63H2,1-6H3,(H,78,79)(H,80,81)/t66-,67-,68-/m1/s1. The molecular formula is C72H140O17P2. The summed E-state index contributed by atoms with van der Waals surface area (Å²) in [6.45, 7) is 9.49. The molecule has 0 heterocycles. The van der Waals surface area contributed by atoms with E-state index in [0.29, 0.717) is 25.7 Å². The van der Waals surface area contributed by atoms with Crippen molar-refractivity contribution in [3.63, 3.8) is 0 Å². The molecule has 0 fully saturated rings. The molecule has 0 saturated heterocycles. The fourth-order valence-electron chi connectivity index (χ4n) is 10.9. The lowest BCUT2D eigenvalue weighted by molar-refractivity contribution is -0.161. The Hall–Kier alpha value is -1.94. The third-order valence-corrected chi connectivity index (χ3v) is 18.6. The van der Waals surface area contributed by atoms with Crippen LogP contribution in [0.3, 0.4) is 0 Å². The average molecular weight is 1340 g/mol. The molecule has 0 radical (unpaired) electrons. The van der Waals surface area contributed by atoms with E-state index in [1.54, 1.807) is 0 Å². The number of phosphoric ester groups is 2. The quantitative estimate of drug-likeness (QED) is 0.0222. The number of carbonyl (C=O) groups excluding carboxylic acids is 4. The Labute approximate surface area is 556 Å². The highest BCUT2D eigenvalue weighted by molar-refractivity contribution is 7.47. The number of esters is 4. The summed E-state index contributed by atoms with van der Waals surface area (Å²) in [7, 11) is -9.90. The molecule has 19 heteroatoms. The van der Waals surface area contributed by atoms with Crippen LogP contribution in [0.2, 0.25) is 0 Å². The van der Waals surface area contributed by atoms with E-state index in [0.717, 1.165) is 102 Å². The number of hydrogen-bond acceptors (Lipinski definition) is 15. The number of carbonyl (C=O) groups is 4. The number of aliphatic hydroxyl groups excluding tert-OH is 1. The third kappa shape index (κ3) is 66.5. The SMILES string of the molecule is CCCCCCCCCCCCCCCCCCCCCC(=O)O[C@H](COC(=O)CCCCCCCCCCCC(C)C)COP(=O)(O)OC[C@@H](O)COP(=O)(O)OC[C@@H](COC(=O)CCCCCCCCCCC)OC(=O)CCCCCCCCCCC(C)C. The molecule has 0 amide bonds. The van der Waals surface area contributed by atoms with E-state index in [4.69, 9.17) is 37.0 Å². The van der Waals surface area contributed by atoms with Gasteiger partial charge >= 0.3 is 39.5 Å². The van der Waals surface area contributed by atoms with E-state index in [1.807, 2.05) is 0 Å². The van der Waals surface area contributed by atoms with Crippen molar-refractivity contribution < 1.29 is 80.2 Å². The fraction of sp³-hybridized carbons (Fsp3) is 0.944.